The highest BCUT2D eigenvalue weighted by atomic mass is 35.5. The standard InChI is InChI=1S/C17H16ClNO3/c1-12-4-2-3-5-15(12)22-11-17(20)19-8-9-21-16-7-6-13(18)10-14(16)19/h2-7,10H,8-9,11H2,1H3. The minimum absolute atomic E-state index is 0.0171. The summed E-state index contributed by atoms with van der Waals surface area (Å²) in [5, 5.41) is 0.571. The zero-order chi connectivity index (χ0) is 15.5. The Balaban J connectivity index is 1.74. The van der Waals surface area contributed by atoms with Crippen molar-refractivity contribution in [3.8, 4) is 11.5 Å². The van der Waals surface area contributed by atoms with Crippen molar-refractivity contribution in [1.29, 1.82) is 0 Å². The third-order valence-electron chi connectivity index (χ3n) is 3.53. The van der Waals surface area contributed by atoms with E-state index in [9.17, 15) is 4.79 Å². The number of para-hydroxylation sites is 1. The van der Waals surface area contributed by atoms with Gasteiger partial charge in [0.05, 0.1) is 12.2 Å². The molecule has 1 aliphatic heterocycles. The number of nitrogens with zero attached hydrogens (tertiary/aromatic N) is 1. The molecule has 5 heteroatoms. The van der Waals surface area contributed by atoms with E-state index in [0.717, 1.165) is 11.3 Å². The number of ether oxygens (including phenoxy) is 2. The number of halogens is 1. The lowest BCUT2D eigenvalue weighted by Crippen LogP contribution is -2.40. The van der Waals surface area contributed by atoms with Gasteiger partial charge in [-0.1, -0.05) is 29.8 Å². The van der Waals surface area contributed by atoms with Crippen LogP contribution < -0.4 is 14.4 Å². The molecule has 0 radical (unpaired) electrons. The molecule has 0 aromatic heterocycles. The van der Waals surface area contributed by atoms with Crippen molar-refractivity contribution in [2.75, 3.05) is 24.7 Å². The van der Waals surface area contributed by atoms with Gasteiger partial charge in [0.25, 0.3) is 5.91 Å². The van der Waals surface area contributed by atoms with Crippen LogP contribution in [0.2, 0.25) is 5.02 Å². The molecule has 0 fully saturated rings. The Labute approximate surface area is 134 Å². The highest BCUT2D eigenvalue weighted by Gasteiger charge is 2.24. The molecule has 0 bridgehead atoms. The summed E-state index contributed by atoms with van der Waals surface area (Å²) in [5.74, 6) is 1.27. The molecule has 0 atom stereocenters. The molecule has 1 amide bonds. The summed E-state index contributed by atoms with van der Waals surface area (Å²) in [4.78, 5) is 14.1. The quantitative estimate of drug-likeness (QED) is 0.870. The molecule has 0 saturated heterocycles. The fraction of sp³-hybridized carbons (Fsp3) is 0.235. The number of hydrogen-bond donors (Lipinski definition) is 0. The van der Waals surface area contributed by atoms with Crippen LogP contribution in [0.4, 0.5) is 5.69 Å². The average Bonchev–Trinajstić information content (AvgIpc) is 2.53. The van der Waals surface area contributed by atoms with E-state index in [0.29, 0.717) is 29.6 Å². The summed E-state index contributed by atoms with van der Waals surface area (Å²) in [6.45, 7) is 2.88. The Morgan fingerprint density at radius 2 is 2.14 bits per heavy atom. The third-order valence-corrected chi connectivity index (χ3v) is 3.77. The maximum atomic E-state index is 12.5. The molecule has 0 N–H and O–H groups in total. The highest BCUT2D eigenvalue weighted by molar-refractivity contribution is 6.31. The first-order chi connectivity index (χ1) is 10.6. The van der Waals surface area contributed by atoms with Crippen LogP contribution in [0.1, 0.15) is 5.56 Å². The van der Waals surface area contributed by atoms with Crippen molar-refractivity contribution >= 4 is 23.2 Å². The van der Waals surface area contributed by atoms with Gasteiger partial charge in [-0.05, 0) is 36.8 Å². The molecule has 1 heterocycles. The molecule has 1 aliphatic rings. The fourth-order valence-electron chi connectivity index (χ4n) is 2.39. The topological polar surface area (TPSA) is 38.8 Å². The van der Waals surface area contributed by atoms with Gasteiger partial charge >= 0.3 is 0 Å². The SMILES string of the molecule is Cc1ccccc1OCC(=O)N1CCOc2ccc(Cl)cc21. The smallest absolute Gasteiger partial charge is 0.265 e. The summed E-state index contributed by atoms with van der Waals surface area (Å²) in [6.07, 6.45) is 0. The molecular formula is C17H16ClNO3. The predicted octanol–water partition coefficient (Wildman–Crippen LogP) is 3.45. The van der Waals surface area contributed by atoms with E-state index in [2.05, 4.69) is 0 Å². The van der Waals surface area contributed by atoms with E-state index in [1.54, 1.807) is 23.1 Å². The maximum absolute atomic E-state index is 12.5. The largest absolute Gasteiger partial charge is 0.490 e. The van der Waals surface area contributed by atoms with Crippen molar-refractivity contribution in [3.63, 3.8) is 0 Å². The number of carbonyl (C=O) groups is 1. The minimum Gasteiger partial charge on any atom is -0.490 e. The van der Waals surface area contributed by atoms with Gasteiger partial charge in [0.1, 0.15) is 18.1 Å². The van der Waals surface area contributed by atoms with Crippen LogP contribution in [0.15, 0.2) is 42.5 Å². The molecule has 2 aromatic rings. The second-order valence-corrected chi connectivity index (χ2v) is 5.50. The molecule has 4 nitrogen and oxygen atoms in total. The van der Waals surface area contributed by atoms with Crippen molar-refractivity contribution < 1.29 is 14.3 Å². The second-order valence-electron chi connectivity index (χ2n) is 5.06. The summed E-state index contributed by atoms with van der Waals surface area (Å²) in [6, 6.07) is 12.9. The van der Waals surface area contributed by atoms with Crippen LogP contribution in [0.25, 0.3) is 0 Å². The zero-order valence-corrected chi connectivity index (χ0v) is 13.0. The number of rotatable bonds is 3. The van der Waals surface area contributed by atoms with Gasteiger partial charge < -0.3 is 14.4 Å². The molecule has 0 unspecified atom stereocenters. The Bertz CT molecular complexity index is 702. The van der Waals surface area contributed by atoms with Crippen LogP contribution in [0.5, 0.6) is 11.5 Å². The van der Waals surface area contributed by atoms with Crippen LogP contribution >= 0.6 is 11.6 Å². The monoisotopic (exact) mass is 317 g/mol. The fourth-order valence-corrected chi connectivity index (χ4v) is 2.55. The van der Waals surface area contributed by atoms with Gasteiger partial charge in [-0.25, -0.2) is 0 Å². The summed E-state index contributed by atoms with van der Waals surface area (Å²) in [5.41, 5.74) is 1.69. The first-order valence-corrected chi connectivity index (χ1v) is 7.44. The molecule has 0 spiro atoms. The number of anilines is 1. The van der Waals surface area contributed by atoms with Gasteiger partial charge in [-0.2, -0.15) is 0 Å². The third kappa shape index (κ3) is 3.02. The van der Waals surface area contributed by atoms with E-state index in [4.69, 9.17) is 21.1 Å². The Morgan fingerprint density at radius 3 is 2.95 bits per heavy atom. The maximum Gasteiger partial charge on any atom is 0.265 e. The van der Waals surface area contributed by atoms with E-state index in [1.165, 1.54) is 0 Å². The van der Waals surface area contributed by atoms with Crippen LogP contribution in [-0.2, 0) is 4.79 Å². The molecule has 0 saturated carbocycles. The molecule has 114 valence electrons. The van der Waals surface area contributed by atoms with Crippen molar-refractivity contribution in [2.45, 2.75) is 6.92 Å². The van der Waals surface area contributed by atoms with Gasteiger partial charge in [-0.3, -0.25) is 4.79 Å². The highest BCUT2D eigenvalue weighted by Crippen LogP contribution is 2.34. The number of carbonyl (C=O) groups excluding carboxylic acids is 1. The number of amides is 1. The average molecular weight is 318 g/mol. The molecular weight excluding hydrogens is 302 g/mol. The molecule has 3 rings (SSSR count). The van der Waals surface area contributed by atoms with Gasteiger partial charge in [0, 0.05) is 5.02 Å². The van der Waals surface area contributed by atoms with Gasteiger partial charge in [0.15, 0.2) is 6.61 Å². The number of hydrogen-bond acceptors (Lipinski definition) is 3. The van der Waals surface area contributed by atoms with E-state index < -0.39 is 0 Å². The lowest BCUT2D eigenvalue weighted by Gasteiger charge is -2.29. The second kappa shape index (κ2) is 6.28. The van der Waals surface area contributed by atoms with Crippen molar-refractivity contribution in [2.24, 2.45) is 0 Å². The summed E-state index contributed by atoms with van der Waals surface area (Å²) in [7, 11) is 0. The number of fused-ring (bicyclic) bond motifs is 1. The first kappa shape index (κ1) is 14.7. The zero-order valence-electron chi connectivity index (χ0n) is 12.2. The Kier molecular flexibility index (Phi) is 4.20. The lowest BCUT2D eigenvalue weighted by atomic mass is 10.2. The molecule has 0 aliphatic carbocycles. The van der Waals surface area contributed by atoms with Crippen LogP contribution in [-0.4, -0.2) is 25.7 Å². The number of aryl methyl sites for hydroxylation is 1. The van der Waals surface area contributed by atoms with Crippen molar-refractivity contribution in [3.05, 3.63) is 53.1 Å². The van der Waals surface area contributed by atoms with E-state index in [-0.39, 0.29) is 12.5 Å². The minimum atomic E-state index is -0.116. The lowest BCUT2D eigenvalue weighted by molar-refractivity contribution is -0.120. The molecule has 2 aromatic carbocycles. The summed E-state index contributed by atoms with van der Waals surface area (Å²) >= 11 is 6.02. The Morgan fingerprint density at radius 1 is 1.32 bits per heavy atom. The first-order valence-electron chi connectivity index (χ1n) is 7.06. The van der Waals surface area contributed by atoms with Crippen LogP contribution in [0.3, 0.4) is 0 Å². The van der Waals surface area contributed by atoms with Gasteiger partial charge in [0.2, 0.25) is 0 Å². The normalized spacial score (nSPS) is 13.3. The Hall–Kier alpha value is -2.20. The van der Waals surface area contributed by atoms with E-state index >= 15 is 0 Å². The summed E-state index contributed by atoms with van der Waals surface area (Å²) < 4.78 is 11.2. The van der Waals surface area contributed by atoms with Crippen LogP contribution in [0, 0.1) is 6.92 Å². The van der Waals surface area contributed by atoms with Gasteiger partial charge in [-0.15, -0.1) is 0 Å². The number of benzene rings is 2. The van der Waals surface area contributed by atoms with Crippen molar-refractivity contribution in [1.82, 2.24) is 0 Å². The molecule has 22 heavy (non-hydrogen) atoms. The predicted molar refractivity (Wildman–Crippen MR) is 86.0 cm³/mol. The van der Waals surface area contributed by atoms with E-state index in [1.807, 2.05) is 31.2 Å².